The predicted molar refractivity (Wildman–Crippen MR) is 84.8 cm³/mol. The molecule has 1 fully saturated rings. The molecule has 0 radical (unpaired) electrons. The third-order valence-corrected chi connectivity index (χ3v) is 4.37. The van der Waals surface area contributed by atoms with Gasteiger partial charge in [-0.05, 0) is 41.7 Å². The maximum atomic E-state index is 12.8. The van der Waals surface area contributed by atoms with Gasteiger partial charge in [0.2, 0.25) is 0 Å². The van der Waals surface area contributed by atoms with Gasteiger partial charge in [-0.1, -0.05) is 31.2 Å². The molecule has 0 atom stereocenters. The largest absolute Gasteiger partial charge is 0.496 e. The molecule has 1 aliphatic rings. The van der Waals surface area contributed by atoms with E-state index in [-0.39, 0.29) is 5.91 Å². The second-order valence-electron chi connectivity index (χ2n) is 5.87. The molecule has 0 N–H and O–H groups in total. The summed E-state index contributed by atoms with van der Waals surface area (Å²) >= 11 is 0. The van der Waals surface area contributed by atoms with Crippen molar-refractivity contribution in [2.75, 3.05) is 20.2 Å². The first kappa shape index (κ1) is 13.9. The van der Waals surface area contributed by atoms with Crippen LogP contribution in [0.4, 0.5) is 0 Å². The molecule has 0 saturated carbocycles. The lowest BCUT2D eigenvalue weighted by Gasteiger charge is -2.30. The lowest BCUT2D eigenvalue weighted by molar-refractivity contribution is 0.0694. The smallest absolute Gasteiger partial charge is 0.257 e. The average molecular weight is 283 g/mol. The first-order chi connectivity index (χ1) is 10.2. The summed E-state index contributed by atoms with van der Waals surface area (Å²) < 4.78 is 5.44. The number of carbonyl (C=O) groups is 1. The third-order valence-electron chi connectivity index (χ3n) is 4.37. The van der Waals surface area contributed by atoms with Crippen molar-refractivity contribution < 1.29 is 9.53 Å². The maximum Gasteiger partial charge on any atom is 0.257 e. The molecule has 0 spiro atoms. The molecule has 1 aliphatic heterocycles. The molecule has 0 bridgehead atoms. The summed E-state index contributed by atoms with van der Waals surface area (Å²) in [4.78, 5) is 14.7. The molecular weight excluding hydrogens is 262 g/mol. The number of likely N-dealkylation sites (tertiary alicyclic amines) is 1. The Morgan fingerprint density at radius 3 is 2.38 bits per heavy atom. The van der Waals surface area contributed by atoms with Crippen LogP contribution in [0.3, 0.4) is 0 Å². The lowest BCUT2D eigenvalue weighted by atomic mass is 9.98. The quantitative estimate of drug-likeness (QED) is 0.840. The zero-order valence-electron chi connectivity index (χ0n) is 12.6. The molecule has 2 aromatic carbocycles. The molecule has 0 aromatic heterocycles. The van der Waals surface area contributed by atoms with Gasteiger partial charge in [-0.15, -0.1) is 0 Å². The molecule has 0 unspecified atom stereocenters. The molecule has 2 aromatic rings. The number of rotatable bonds is 2. The van der Waals surface area contributed by atoms with Gasteiger partial charge in [0.05, 0.1) is 12.7 Å². The van der Waals surface area contributed by atoms with Crippen molar-refractivity contribution in [1.82, 2.24) is 4.90 Å². The van der Waals surface area contributed by atoms with Gasteiger partial charge in [-0.3, -0.25) is 4.79 Å². The topological polar surface area (TPSA) is 29.5 Å². The van der Waals surface area contributed by atoms with Crippen LogP contribution < -0.4 is 4.74 Å². The van der Waals surface area contributed by atoms with Crippen LogP contribution in [0.2, 0.25) is 0 Å². The zero-order chi connectivity index (χ0) is 14.8. The minimum Gasteiger partial charge on any atom is -0.496 e. The maximum absolute atomic E-state index is 12.8. The monoisotopic (exact) mass is 283 g/mol. The summed E-state index contributed by atoms with van der Waals surface area (Å²) in [7, 11) is 1.62. The van der Waals surface area contributed by atoms with Crippen LogP contribution in [0.15, 0.2) is 36.4 Å². The van der Waals surface area contributed by atoms with Gasteiger partial charge in [0.1, 0.15) is 5.75 Å². The Kier molecular flexibility index (Phi) is 3.82. The number of nitrogens with zero attached hydrogens (tertiary/aromatic N) is 1. The van der Waals surface area contributed by atoms with E-state index >= 15 is 0 Å². The molecule has 0 aliphatic carbocycles. The third kappa shape index (κ3) is 2.73. The highest BCUT2D eigenvalue weighted by Crippen LogP contribution is 2.28. The standard InChI is InChI=1S/C18H21NO2/c1-13-7-9-19(10-8-13)18(20)16-11-14-5-3-4-6-15(14)12-17(16)21-2/h3-6,11-13H,7-10H2,1-2H3. The summed E-state index contributed by atoms with van der Waals surface area (Å²) in [5.41, 5.74) is 0.672. The Hall–Kier alpha value is -2.03. The van der Waals surface area contributed by atoms with E-state index in [1.54, 1.807) is 7.11 Å². The molecule has 3 rings (SSSR count). The Labute approximate surface area is 125 Å². The highest BCUT2D eigenvalue weighted by Gasteiger charge is 2.24. The van der Waals surface area contributed by atoms with E-state index in [1.165, 1.54) is 0 Å². The summed E-state index contributed by atoms with van der Waals surface area (Å²) in [6.07, 6.45) is 2.17. The van der Waals surface area contributed by atoms with Gasteiger partial charge in [0.15, 0.2) is 0 Å². The van der Waals surface area contributed by atoms with E-state index in [0.717, 1.165) is 36.7 Å². The number of hydrogen-bond acceptors (Lipinski definition) is 2. The molecule has 110 valence electrons. The molecule has 21 heavy (non-hydrogen) atoms. The lowest BCUT2D eigenvalue weighted by Crippen LogP contribution is -2.38. The zero-order valence-corrected chi connectivity index (χ0v) is 12.6. The highest BCUT2D eigenvalue weighted by molar-refractivity contribution is 6.01. The van der Waals surface area contributed by atoms with Crippen molar-refractivity contribution in [3.05, 3.63) is 42.0 Å². The number of hydrogen-bond donors (Lipinski definition) is 0. The van der Waals surface area contributed by atoms with Crippen molar-refractivity contribution in [2.45, 2.75) is 19.8 Å². The first-order valence-electron chi connectivity index (χ1n) is 7.55. The van der Waals surface area contributed by atoms with Crippen molar-refractivity contribution in [1.29, 1.82) is 0 Å². The first-order valence-corrected chi connectivity index (χ1v) is 7.55. The number of methoxy groups -OCH3 is 1. The van der Waals surface area contributed by atoms with Gasteiger partial charge in [-0.2, -0.15) is 0 Å². The van der Waals surface area contributed by atoms with Crippen LogP contribution >= 0.6 is 0 Å². The highest BCUT2D eigenvalue weighted by atomic mass is 16.5. The summed E-state index contributed by atoms with van der Waals surface area (Å²) in [5.74, 6) is 1.47. The molecule has 1 amide bonds. The molecule has 1 heterocycles. The summed E-state index contributed by atoms with van der Waals surface area (Å²) in [6.45, 7) is 3.93. The van der Waals surface area contributed by atoms with Crippen LogP contribution in [-0.4, -0.2) is 31.0 Å². The SMILES string of the molecule is COc1cc2ccccc2cc1C(=O)N1CCC(C)CC1. The van der Waals surface area contributed by atoms with Crippen molar-refractivity contribution >= 4 is 16.7 Å². The number of carbonyl (C=O) groups excluding carboxylic acids is 1. The van der Waals surface area contributed by atoms with Gasteiger partial charge in [0, 0.05) is 13.1 Å². The fraction of sp³-hybridized carbons (Fsp3) is 0.389. The normalized spacial score (nSPS) is 16.2. The number of piperidine rings is 1. The van der Waals surface area contributed by atoms with Crippen LogP contribution in [0.1, 0.15) is 30.1 Å². The van der Waals surface area contributed by atoms with Crippen molar-refractivity contribution in [3.63, 3.8) is 0 Å². The number of amides is 1. The Morgan fingerprint density at radius 1 is 1.14 bits per heavy atom. The Morgan fingerprint density at radius 2 is 1.76 bits per heavy atom. The van der Waals surface area contributed by atoms with Crippen LogP contribution in [0.5, 0.6) is 5.75 Å². The van der Waals surface area contributed by atoms with Gasteiger partial charge < -0.3 is 9.64 Å². The number of ether oxygens (including phenoxy) is 1. The fourth-order valence-corrected chi connectivity index (χ4v) is 2.94. The molecule has 3 heteroatoms. The van der Waals surface area contributed by atoms with E-state index in [4.69, 9.17) is 4.74 Å². The summed E-state index contributed by atoms with van der Waals surface area (Å²) in [6, 6.07) is 12.0. The van der Waals surface area contributed by atoms with Crippen molar-refractivity contribution in [2.24, 2.45) is 5.92 Å². The van der Waals surface area contributed by atoms with E-state index < -0.39 is 0 Å². The van der Waals surface area contributed by atoms with E-state index in [9.17, 15) is 4.79 Å². The van der Waals surface area contributed by atoms with E-state index in [1.807, 2.05) is 41.3 Å². The predicted octanol–water partition coefficient (Wildman–Crippen LogP) is 3.72. The van der Waals surface area contributed by atoms with Gasteiger partial charge >= 0.3 is 0 Å². The average Bonchev–Trinajstić information content (AvgIpc) is 2.53. The fourth-order valence-electron chi connectivity index (χ4n) is 2.94. The number of fused-ring (bicyclic) bond motifs is 1. The Balaban J connectivity index is 1.96. The second kappa shape index (κ2) is 5.76. The molecule has 1 saturated heterocycles. The second-order valence-corrected chi connectivity index (χ2v) is 5.87. The minimum atomic E-state index is 0.0875. The molecular formula is C18H21NO2. The van der Waals surface area contributed by atoms with Gasteiger partial charge in [-0.25, -0.2) is 0 Å². The van der Waals surface area contributed by atoms with Crippen LogP contribution in [0.25, 0.3) is 10.8 Å². The number of benzene rings is 2. The van der Waals surface area contributed by atoms with E-state index in [0.29, 0.717) is 17.2 Å². The van der Waals surface area contributed by atoms with E-state index in [2.05, 4.69) is 6.92 Å². The van der Waals surface area contributed by atoms with Crippen LogP contribution in [-0.2, 0) is 0 Å². The summed E-state index contributed by atoms with van der Waals surface area (Å²) in [5, 5.41) is 2.17. The van der Waals surface area contributed by atoms with Crippen LogP contribution in [0, 0.1) is 5.92 Å². The van der Waals surface area contributed by atoms with Crippen molar-refractivity contribution in [3.8, 4) is 5.75 Å². The Bertz CT molecular complexity index is 657. The van der Waals surface area contributed by atoms with Gasteiger partial charge in [0.25, 0.3) is 5.91 Å². The molecule has 3 nitrogen and oxygen atoms in total. The minimum absolute atomic E-state index is 0.0875.